The molecule has 2 amide bonds. The normalized spacial score (nSPS) is 15.0. The number of amides is 2. The quantitative estimate of drug-likeness (QED) is 0.871. The summed E-state index contributed by atoms with van der Waals surface area (Å²) in [5.41, 5.74) is 0.531. The second-order valence-corrected chi connectivity index (χ2v) is 6.53. The minimum Gasteiger partial charge on any atom is -0.331 e. The van der Waals surface area contributed by atoms with Crippen LogP contribution in [0.25, 0.3) is 0 Å². The van der Waals surface area contributed by atoms with Gasteiger partial charge in [0.1, 0.15) is 12.4 Å². The van der Waals surface area contributed by atoms with Crippen molar-refractivity contribution < 1.29 is 14.0 Å². The highest BCUT2D eigenvalue weighted by molar-refractivity contribution is 5.94. The van der Waals surface area contributed by atoms with Crippen LogP contribution in [0, 0.1) is 11.7 Å². The highest BCUT2D eigenvalue weighted by Gasteiger charge is 2.25. The predicted molar refractivity (Wildman–Crippen MR) is 88.5 cm³/mol. The molecule has 0 aromatic heterocycles. The summed E-state index contributed by atoms with van der Waals surface area (Å²) >= 11 is 0. The number of hydrogen-bond acceptors (Lipinski definition) is 2. The summed E-state index contributed by atoms with van der Waals surface area (Å²) in [6.45, 7) is 3.86. The fourth-order valence-corrected chi connectivity index (χ4v) is 3.03. The monoisotopic (exact) mass is 320 g/mol. The Labute approximate surface area is 137 Å². The first-order valence-electron chi connectivity index (χ1n) is 8.30. The summed E-state index contributed by atoms with van der Waals surface area (Å²) in [6.07, 6.45) is 5.15. The number of nitrogens with one attached hydrogen (secondary N) is 1. The van der Waals surface area contributed by atoms with E-state index < -0.39 is 0 Å². The molecule has 0 radical (unpaired) electrons. The Morgan fingerprint density at radius 1 is 1.22 bits per heavy atom. The van der Waals surface area contributed by atoms with Gasteiger partial charge in [0.05, 0.1) is 0 Å². The zero-order chi connectivity index (χ0) is 16.8. The standard InChI is InChI=1S/C18H25FN2O2/c1-13(2)21(18(23)11-14-5-3-4-6-14)12-17(22)20-16-9-7-15(19)8-10-16/h7-10,13-14H,3-6,11-12H2,1-2H3,(H,20,22). The molecule has 126 valence electrons. The van der Waals surface area contributed by atoms with Crippen LogP contribution in [0.5, 0.6) is 0 Å². The maximum Gasteiger partial charge on any atom is 0.244 e. The fourth-order valence-electron chi connectivity index (χ4n) is 3.03. The molecular weight excluding hydrogens is 295 g/mol. The molecule has 0 aliphatic heterocycles. The molecule has 4 nitrogen and oxygen atoms in total. The van der Waals surface area contributed by atoms with Crippen molar-refractivity contribution in [2.45, 2.75) is 52.0 Å². The molecule has 1 saturated carbocycles. The number of benzene rings is 1. The lowest BCUT2D eigenvalue weighted by atomic mass is 10.0. The van der Waals surface area contributed by atoms with Crippen LogP contribution in [0.2, 0.25) is 0 Å². The summed E-state index contributed by atoms with van der Waals surface area (Å²) in [7, 11) is 0. The summed E-state index contributed by atoms with van der Waals surface area (Å²) in [4.78, 5) is 26.2. The van der Waals surface area contributed by atoms with Crippen molar-refractivity contribution in [2.75, 3.05) is 11.9 Å². The number of nitrogens with zero attached hydrogens (tertiary/aromatic N) is 1. The van der Waals surface area contributed by atoms with Gasteiger partial charge in [-0.25, -0.2) is 4.39 Å². The van der Waals surface area contributed by atoms with Crippen LogP contribution in [0.1, 0.15) is 46.0 Å². The van der Waals surface area contributed by atoms with Crippen LogP contribution in [0.3, 0.4) is 0 Å². The number of carbonyl (C=O) groups excluding carboxylic acids is 2. The van der Waals surface area contributed by atoms with Gasteiger partial charge in [-0.15, -0.1) is 0 Å². The van der Waals surface area contributed by atoms with Crippen LogP contribution in [0.4, 0.5) is 10.1 Å². The maximum atomic E-state index is 12.9. The third-order valence-corrected chi connectivity index (χ3v) is 4.32. The number of carbonyl (C=O) groups is 2. The Balaban J connectivity index is 1.90. The first-order valence-corrected chi connectivity index (χ1v) is 8.30. The van der Waals surface area contributed by atoms with E-state index in [1.807, 2.05) is 13.8 Å². The SMILES string of the molecule is CC(C)N(CC(=O)Nc1ccc(F)cc1)C(=O)CC1CCCC1. The molecule has 1 N–H and O–H groups in total. The van der Waals surface area contributed by atoms with Crippen LogP contribution < -0.4 is 5.32 Å². The molecule has 23 heavy (non-hydrogen) atoms. The van der Waals surface area contributed by atoms with Crippen LogP contribution in [-0.2, 0) is 9.59 Å². The highest BCUT2D eigenvalue weighted by atomic mass is 19.1. The molecule has 1 aliphatic rings. The fraction of sp³-hybridized carbons (Fsp3) is 0.556. The largest absolute Gasteiger partial charge is 0.331 e. The lowest BCUT2D eigenvalue weighted by Gasteiger charge is -2.27. The van der Waals surface area contributed by atoms with Crippen molar-refractivity contribution in [3.05, 3.63) is 30.1 Å². The van der Waals surface area contributed by atoms with Crippen molar-refractivity contribution >= 4 is 17.5 Å². The molecule has 0 bridgehead atoms. The molecule has 0 saturated heterocycles. The average Bonchev–Trinajstić information content (AvgIpc) is 2.99. The molecule has 0 atom stereocenters. The molecule has 0 unspecified atom stereocenters. The maximum absolute atomic E-state index is 12.9. The van der Waals surface area contributed by atoms with E-state index in [4.69, 9.17) is 0 Å². The summed E-state index contributed by atoms with van der Waals surface area (Å²) in [5.74, 6) is -0.103. The van der Waals surface area contributed by atoms with Gasteiger partial charge in [0, 0.05) is 18.2 Å². The van der Waals surface area contributed by atoms with E-state index in [1.165, 1.54) is 37.1 Å². The van der Waals surface area contributed by atoms with E-state index in [9.17, 15) is 14.0 Å². The second kappa shape index (κ2) is 8.09. The van der Waals surface area contributed by atoms with Crippen molar-refractivity contribution in [2.24, 2.45) is 5.92 Å². The van der Waals surface area contributed by atoms with E-state index in [1.54, 1.807) is 4.90 Å². The van der Waals surface area contributed by atoms with E-state index in [0.717, 1.165) is 12.8 Å². The Bertz CT molecular complexity index is 536. The second-order valence-electron chi connectivity index (χ2n) is 6.53. The molecule has 0 heterocycles. The van der Waals surface area contributed by atoms with Gasteiger partial charge >= 0.3 is 0 Å². The molecule has 5 heteroatoms. The molecule has 1 fully saturated rings. The van der Waals surface area contributed by atoms with Crippen molar-refractivity contribution in [1.29, 1.82) is 0 Å². The van der Waals surface area contributed by atoms with Gasteiger partial charge in [-0.1, -0.05) is 12.8 Å². The van der Waals surface area contributed by atoms with E-state index in [2.05, 4.69) is 5.32 Å². The molecule has 2 rings (SSSR count). The Hall–Kier alpha value is -1.91. The van der Waals surface area contributed by atoms with E-state index in [-0.39, 0.29) is 30.2 Å². The third-order valence-electron chi connectivity index (χ3n) is 4.32. The summed E-state index contributed by atoms with van der Waals surface area (Å²) < 4.78 is 12.9. The van der Waals surface area contributed by atoms with Crippen LogP contribution in [-0.4, -0.2) is 29.3 Å². The lowest BCUT2D eigenvalue weighted by molar-refractivity contribution is -0.137. The topological polar surface area (TPSA) is 49.4 Å². The van der Waals surface area contributed by atoms with Gasteiger partial charge in [0.25, 0.3) is 0 Å². The summed E-state index contributed by atoms with van der Waals surface area (Å²) in [5, 5.41) is 2.70. The predicted octanol–water partition coefficient (Wildman–Crippen LogP) is 3.58. The zero-order valence-electron chi connectivity index (χ0n) is 13.8. The number of halogens is 1. The van der Waals surface area contributed by atoms with Crippen LogP contribution >= 0.6 is 0 Å². The molecule has 1 aromatic carbocycles. The zero-order valence-corrected chi connectivity index (χ0v) is 13.8. The summed E-state index contributed by atoms with van der Waals surface area (Å²) in [6, 6.07) is 5.57. The third kappa shape index (κ3) is 5.34. The van der Waals surface area contributed by atoms with E-state index in [0.29, 0.717) is 18.0 Å². The van der Waals surface area contributed by atoms with E-state index >= 15 is 0 Å². The lowest BCUT2D eigenvalue weighted by Crippen LogP contribution is -2.42. The molecule has 1 aliphatic carbocycles. The van der Waals surface area contributed by atoms with Gasteiger partial charge in [0.2, 0.25) is 11.8 Å². The van der Waals surface area contributed by atoms with Crippen molar-refractivity contribution in [3.63, 3.8) is 0 Å². The number of hydrogen-bond donors (Lipinski definition) is 1. The van der Waals surface area contributed by atoms with Gasteiger partial charge in [-0.3, -0.25) is 9.59 Å². The Kier molecular flexibility index (Phi) is 6.13. The van der Waals surface area contributed by atoms with Gasteiger partial charge < -0.3 is 10.2 Å². The Morgan fingerprint density at radius 2 is 1.83 bits per heavy atom. The number of rotatable bonds is 6. The first kappa shape index (κ1) is 17.4. The minimum absolute atomic E-state index is 0.0251. The Morgan fingerprint density at radius 3 is 2.39 bits per heavy atom. The highest BCUT2D eigenvalue weighted by Crippen LogP contribution is 2.28. The molecular formula is C18H25FN2O2. The van der Waals surface area contributed by atoms with Crippen molar-refractivity contribution in [1.82, 2.24) is 4.90 Å². The van der Waals surface area contributed by atoms with Crippen molar-refractivity contribution in [3.8, 4) is 0 Å². The van der Waals surface area contributed by atoms with Gasteiger partial charge in [0.15, 0.2) is 0 Å². The number of anilines is 1. The van der Waals surface area contributed by atoms with Gasteiger partial charge in [-0.05, 0) is 56.9 Å². The van der Waals surface area contributed by atoms with Crippen LogP contribution in [0.15, 0.2) is 24.3 Å². The first-order chi connectivity index (χ1) is 11.0. The minimum atomic E-state index is -0.349. The average molecular weight is 320 g/mol. The molecule has 0 spiro atoms. The smallest absolute Gasteiger partial charge is 0.244 e. The van der Waals surface area contributed by atoms with Gasteiger partial charge in [-0.2, -0.15) is 0 Å². The molecule has 1 aromatic rings.